The molecule has 1 aliphatic heterocycles. The van der Waals surface area contributed by atoms with Crippen molar-refractivity contribution in [2.24, 2.45) is 14.1 Å². The fourth-order valence-corrected chi connectivity index (χ4v) is 13.7. The molecule has 10 rings (SSSR count). The number of nitrogens with one attached hydrogen (secondary N) is 6. The molecule has 422 valence electrons. The van der Waals surface area contributed by atoms with Gasteiger partial charge in [0.1, 0.15) is 11.4 Å². The number of hydrogen-bond donors (Lipinski definition) is 6. The lowest BCUT2D eigenvalue weighted by Crippen LogP contribution is -2.44. The van der Waals surface area contributed by atoms with Gasteiger partial charge in [0.05, 0.1) is 18.4 Å². The number of anilines is 2. The molecule has 4 aliphatic carbocycles. The number of likely N-dealkylation sites (N-methyl/N-ethyl adjacent to an activating group) is 1. The molecule has 0 fully saturated rings. The minimum Gasteiger partial charge on any atom is -0.350 e. The number of aryl methyl sites for hydroxylation is 4. The zero-order valence-electron chi connectivity index (χ0n) is 45.3. The first kappa shape index (κ1) is 55.3. The lowest BCUT2D eigenvalue weighted by molar-refractivity contribution is -0.123. The molecule has 0 atom stereocenters. The van der Waals surface area contributed by atoms with Crippen LogP contribution >= 0.6 is 0 Å². The second kappa shape index (κ2) is 22.3. The molecule has 0 saturated carbocycles. The number of hydrogen-bond acceptors (Lipinski definition) is 14. The third kappa shape index (κ3) is 11.0. The number of aromatic nitrogens is 6. The highest BCUT2D eigenvalue weighted by atomic mass is 32.2. The number of carbonyl (C=O) groups excluding carboxylic acids is 6. The van der Waals surface area contributed by atoms with Crippen molar-refractivity contribution in [2.45, 2.75) is 120 Å². The Morgan fingerprint density at radius 1 is 0.675 bits per heavy atom. The molecule has 0 spiro atoms. The summed E-state index contributed by atoms with van der Waals surface area (Å²) in [5.41, 5.74) is 13.4. The number of imide groups is 1. The molecule has 0 unspecified atom stereocenters. The molecule has 24 nitrogen and oxygen atoms in total. The van der Waals surface area contributed by atoms with E-state index in [9.17, 15) is 45.6 Å². The maximum Gasteiger partial charge on any atom is 0.333 e. The van der Waals surface area contributed by atoms with Gasteiger partial charge in [-0.05, 0) is 146 Å². The summed E-state index contributed by atoms with van der Waals surface area (Å²) in [6.07, 6.45) is 14.0. The summed E-state index contributed by atoms with van der Waals surface area (Å²) in [6, 6.07) is 2.26. The van der Waals surface area contributed by atoms with E-state index in [0.29, 0.717) is 48.3 Å². The Labute approximate surface area is 463 Å². The van der Waals surface area contributed by atoms with Gasteiger partial charge in [-0.2, -0.15) is 27.0 Å². The van der Waals surface area contributed by atoms with Gasteiger partial charge < -0.3 is 26.2 Å². The topological polar surface area (TPSA) is 311 Å². The van der Waals surface area contributed by atoms with E-state index in [1.807, 2.05) is 6.92 Å². The molecule has 0 saturated heterocycles. The lowest BCUT2D eigenvalue weighted by atomic mass is 9.89. The smallest absolute Gasteiger partial charge is 0.333 e. The van der Waals surface area contributed by atoms with Gasteiger partial charge in [-0.25, -0.2) is 28.8 Å². The van der Waals surface area contributed by atoms with Crippen LogP contribution in [0.3, 0.4) is 0 Å². The van der Waals surface area contributed by atoms with Crippen molar-refractivity contribution < 1.29 is 45.6 Å². The largest absolute Gasteiger partial charge is 0.350 e. The first-order valence-corrected chi connectivity index (χ1v) is 29.9. The maximum absolute atomic E-state index is 13.6. The normalized spacial score (nSPS) is 15.4. The molecule has 0 radical (unpaired) electrons. The summed E-state index contributed by atoms with van der Waals surface area (Å²) < 4.78 is 60.5. The van der Waals surface area contributed by atoms with E-state index in [2.05, 4.69) is 56.9 Å². The van der Waals surface area contributed by atoms with Gasteiger partial charge in [0, 0.05) is 94.6 Å². The van der Waals surface area contributed by atoms with Crippen molar-refractivity contribution >= 4 is 67.2 Å². The Hall–Kier alpha value is -8.00. The predicted octanol–water partition coefficient (Wildman–Crippen LogP) is 3.83. The van der Waals surface area contributed by atoms with Crippen LogP contribution in [0.1, 0.15) is 128 Å². The van der Waals surface area contributed by atoms with Crippen LogP contribution in [0, 0.1) is 0 Å². The molecule has 2 aromatic carbocycles. The van der Waals surface area contributed by atoms with E-state index in [0.717, 1.165) is 130 Å². The third-order valence-corrected chi connectivity index (χ3v) is 18.2. The minimum absolute atomic E-state index is 0.0210. The van der Waals surface area contributed by atoms with Crippen LogP contribution in [-0.2, 0) is 103 Å². The fraction of sp³-hybridized carbons (Fsp3) is 0.444. The second-order valence-electron chi connectivity index (χ2n) is 21.0. The average Bonchev–Trinajstić information content (AvgIpc) is 4.35. The van der Waals surface area contributed by atoms with Crippen molar-refractivity contribution in [2.75, 3.05) is 43.9 Å². The molecule has 80 heavy (non-hydrogen) atoms. The first-order chi connectivity index (χ1) is 38.2. The summed E-state index contributed by atoms with van der Waals surface area (Å²) >= 11 is 0. The molecule has 3 aromatic heterocycles. The number of amides is 9. The van der Waals surface area contributed by atoms with E-state index in [1.54, 1.807) is 20.2 Å². The van der Waals surface area contributed by atoms with Crippen LogP contribution in [0.15, 0.2) is 51.8 Å². The average molecular weight is 1130 g/mol. The fourth-order valence-electron chi connectivity index (χ4n) is 11.9. The SMILES string of the molecule is CCC1=C(C)CN(C(=O)NCCN(C)C(=O)c2cc(S(=O)(=O)NC(=O)Nc3c4c(c(Cc5cnc(C(=O)NCCc6cc(S(=O)(=O)NC(=O)Nc7c8c(cc9c7CCC9)CCC8)nn6C)cn5)c5c3CCC5)CCC4)nn2C)C1=O. The summed E-state index contributed by atoms with van der Waals surface area (Å²) in [7, 11) is -4.43. The Balaban J connectivity index is 0.722. The van der Waals surface area contributed by atoms with Gasteiger partial charge in [-0.1, -0.05) is 13.0 Å². The van der Waals surface area contributed by atoms with Gasteiger partial charge in [0.2, 0.25) is 0 Å². The van der Waals surface area contributed by atoms with Crippen LogP contribution < -0.4 is 30.7 Å². The summed E-state index contributed by atoms with van der Waals surface area (Å²) in [4.78, 5) is 90.1. The van der Waals surface area contributed by atoms with Crippen molar-refractivity contribution in [3.63, 3.8) is 0 Å². The van der Waals surface area contributed by atoms with Crippen LogP contribution in [0.4, 0.5) is 25.8 Å². The molecule has 5 aromatic rings. The minimum atomic E-state index is -4.56. The van der Waals surface area contributed by atoms with Crippen LogP contribution in [-0.4, -0.2) is 125 Å². The number of benzene rings is 2. The van der Waals surface area contributed by atoms with Gasteiger partial charge in [0.25, 0.3) is 37.8 Å². The monoisotopic (exact) mass is 1130 g/mol. The number of fused-ring (bicyclic) bond motifs is 4. The quantitative estimate of drug-likeness (QED) is 0.0772. The zero-order valence-corrected chi connectivity index (χ0v) is 46.9. The lowest BCUT2D eigenvalue weighted by Gasteiger charge is -2.21. The van der Waals surface area contributed by atoms with E-state index in [1.165, 1.54) is 47.1 Å². The standard InChI is InChI=1S/C54H64N14O10S2/c1-6-35-30(2)29-68(50(35)70)54(74)56-21-22-65(3)51(71)44-26-46(62-67(44)5)80(77,78)64-53(73)60-48-40-17-9-15-38(40)42(39-16-10-18-41(39)48)24-33-27-58-43(28-57-33)49(69)55-20-19-34-25-45(61-66(34)4)79(75,76)63-52(72)59-47-36-13-7-11-31(36)23-32-12-8-14-37(32)47/h23,25-28H,6-22,24,29H2,1-5H3,(H,55,69)(H,56,74)(H2,59,63,72)(H2,60,64,73). The van der Waals surface area contributed by atoms with Gasteiger partial charge >= 0.3 is 18.1 Å². The molecule has 5 aliphatic rings. The van der Waals surface area contributed by atoms with Gasteiger partial charge in [0.15, 0.2) is 10.1 Å². The Bertz CT molecular complexity index is 3610. The number of nitrogens with zero attached hydrogens (tertiary/aromatic N) is 8. The number of sulfonamides is 2. The van der Waals surface area contributed by atoms with Crippen molar-refractivity contribution in [1.29, 1.82) is 0 Å². The second-order valence-corrected chi connectivity index (χ2v) is 24.2. The molecule has 4 heterocycles. The molecule has 6 N–H and O–H groups in total. The first-order valence-electron chi connectivity index (χ1n) is 26.9. The summed E-state index contributed by atoms with van der Waals surface area (Å²) in [6.45, 7) is 4.03. The predicted molar refractivity (Wildman–Crippen MR) is 292 cm³/mol. The summed E-state index contributed by atoms with van der Waals surface area (Å²) in [5, 5.41) is 18.5. The molecular formula is C54H64N14O10S2. The van der Waals surface area contributed by atoms with Gasteiger partial charge in [-0.3, -0.25) is 33.6 Å². The number of carbonyl (C=O) groups is 6. The van der Waals surface area contributed by atoms with E-state index >= 15 is 0 Å². The molecule has 0 bridgehead atoms. The van der Waals surface area contributed by atoms with E-state index in [-0.39, 0.29) is 54.9 Å². The van der Waals surface area contributed by atoms with E-state index < -0.39 is 55.0 Å². The zero-order chi connectivity index (χ0) is 56.8. The van der Waals surface area contributed by atoms with Crippen LogP contribution in [0.5, 0.6) is 0 Å². The Morgan fingerprint density at radius 3 is 1.82 bits per heavy atom. The number of urea groups is 3. The van der Waals surface area contributed by atoms with Crippen molar-refractivity contribution in [3.8, 4) is 0 Å². The Kier molecular flexibility index (Phi) is 15.4. The third-order valence-electron chi connectivity index (χ3n) is 15.8. The van der Waals surface area contributed by atoms with Crippen molar-refractivity contribution in [1.82, 2.24) is 59.4 Å². The molecule has 26 heteroatoms. The highest BCUT2D eigenvalue weighted by molar-refractivity contribution is 7.90. The Morgan fingerprint density at radius 2 is 1.24 bits per heavy atom. The highest BCUT2D eigenvalue weighted by Crippen LogP contribution is 2.43. The highest BCUT2D eigenvalue weighted by Gasteiger charge is 2.34. The van der Waals surface area contributed by atoms with Gasteiger partial charge in [-0.15, -0.1) is 0 Å². The van der Waals surface area contributed by atoms with E-state index in [4.69, 9.17) is 0 Å². The molecular weight excluding hydrogens is 1070 g/mol. The number of rotatable bonds is 17. The summed E-state index contributed by atoms with van der Waals surface area (Å²) in [5.74, 6) is -1.42. The molecule has 9 amide bonds. The van der Waals surface area contributed by atoms with Crippen LogP contribution in [0.25, 0.3) is 0 Å². The van der Waals surface area contributed by atoms with Crippen LogP contribution in [0.2, 0.25) is 0 Å². The maximum atomic E-state index is 13.6. The van der Waals surface area contributed by atoms with Crippen molar-refractivity contribution in [3.05, 3.63) is 115 Å².